The average Bonchev–Trinajstić information content (AvgIpc) is 3.40. The molecule has 2 heterocycles. The first kappa shape index (κ1) is 17.7. The molecule has 0 radical (unpaired) electrons. The van der Waals surface area contributed by atoms with Crippen LogP contribution in [0.25, 0.3) is 11.4 Å². The summed E-state index contributed by atoms with van der Waals surface area (Å²) in [4.78, 5) is 16.5. The Morgan fingerprint density at radius 3 is 2.57 bits per heavy atom. The first-order valence-electron chi connectivity index (χ1n) is 8.40. The molecule has 1 aliphatic heterocycles. The number of amides is 1. The van der Waals surface area contributed by atoms with Crippen LogP contribution in [-0.2, 0) is 6.54 Å². The number of rotatable bonds is 6. The van der Waals surface area contributed by atoms with Crippen LogP contribution in [-0.4, -0.2) is 37.1 Å². The molecule has 9 heteroatoms. The van der Waals surface area contributed by atoms with Crippen molar-refractivity contribution in [3.63, 3.8) is 0 Å². The SMILES string of the molecule is COc1cc(CNC(=O)c2nc(-c3ccc4c(c3)OCO4)no2)cc(OC)c1. The Morgan fingerprint density at radius 2 is 1.82 bits per heavy atom. The molecule has 1 amide bonds. The maximum atomic E-state index is 12.3. The van der Waals surface area contributed by atoms with Gasteiger partial charge in [0.05, 0.1) is 14.2 Å². The van der Waals surface area contributed by atoms with Crippen LogP contribution < -0.4 is 24.3 Å². The van der Waals surface area contributed by atoms with Crippen molar-refractivity contribution in [1.82, 2.24) is 15.5 Å². The summed E-state index contributed by atoms with van der Waals surface area (Å²) in [6, 6.07) is 10.6. The van der Waals surface area contributed by atoms with Gasteiger partial charge in [-0.2, -0.15) is 4.98 Å². The number of carbonyl (C=O) groups is 1. The minimum Gasteiger partial charge on any atom is -0.497 e. The highest BCUT2D eigenvalue weighted by molar-refractivity contribution is 5.89. The molecule has 0 aliphatic carbocycles. The first-order valence-corrected chi connectivity index (χ1v) is 8.40. The minimum absolute atomic E-state index is 0.137. The number of nitrogens with zero attached hydrogens (tertiary/aromatic N) is 2. The summed E-state index contributed by atoms with van der Waals surface area (Å²) in [5.41, 5.74) is 1.46. The first-order chi connectivity index (χ1) is 13.7. The van der Waals surface area contributed by atoms with E-state index in [-0.39, 0.29) is 25.1 Å². The van der Waals surface area contributed by atoms with E-state index in [0.29, 0.717) is 28.6 Å². The average molecular weight is 383 g/mol. The molecule has 0 atom stereocenters. The van der Waals surface area contributed by atoms with Crippen LogP contribution in [0.5, 0.6) is 23.0 Å². The smallest absolute Gasteiger partial charge is 0.316 e. The van der Waals surface area contributed by atoms with E-state index in [0.717, 1.165) is 5.56 Å². The maximum absolute atomic E-state index is 12.3. The van der Waals surface area contributed by atoms with Crippen molar-refractivity contribution in [2.24, 2.45) is 0 Å². The van der Waals surface area contributed by atoms with Gasteiger partial charge in [0.1, 0.15) is 11.5 Å². The highest BCUT2D eigenvalue weighted by Crippen LogP contribution is 2.35. The van der Waals surface area contributed by atoms with Crippen LogP contribution in [0.3, 0.4) is 0 Å². The largest absolute Gasteiger partial charge is 0.497 e. The van der Waals surface area contributed by atoms with Crippen molar-refractivity contribution in [3.8, 4) is 34.4 Å². The molecule has 0 saturated heterocycles. The number of benzene rings is 2. The van der Waals surface area contributed by atoms with Gasteiger partial charge in [-0.05, 0) is 35.9 Å². The lowest BCUT2D eigenvalue weighted by Gasteiger charge is -2.08. The van der Waals surface area contributed by atoms with Gasteiger partial charge >= 0.3 is 11.8 Å². The van der Waals surface area contributed by atoms with E-state index in [4.69, 9.17) is 23.5 Å². The van der Waals surface area contributed by atoms with E-state index >= 15 is 0 Å². The highest BCUT2D eigenvalue weighted by atomic mass is 16.7. The van der Waals surface area contributed by atoms with Crippen molar-refractivity contribution >= 4 is 5.91 Å². The molecule has 4 rings (SSSR count). The third-order valence-corrected chi connectivity index (χ3v) is 4.12. The summed E-state index contributed by atoms with van der Waals surface area (Å²) in [6.07, 6.45) is 0. The summed E-state index contributed by atoms with van der Waals surface area (Å²) in [7, 11) is 3.13. The van der Waals surface area contributed by atoms with Crippen LogP contribution in [0.15, 0.2) is 40.9 Å². The number of aromatic nitrogens is 2. The van der Waals surface area contributed by atoms with E-state index in [1.54, 1.807) is 50.6 Å². The summed E-state index contributed by atoms with van der Waals surface area (Å²) in [6.45, 7) is 0.419. The molecule has 1 aliphatic rings. The Bertz CT molecular complexity index is 994. The van der Waals surface area contributed by atoms with E-state index < -0.39 is 5.91 Å². The second-order valence-corrected chi connectivity index (χ2v) is 5.89. The zero-order valence-electron chi connectivity index (χ0n) is 15.2. The molecular formula is C19H17N3O6. The van der Waals surface area contributed by atoms with Crippen LogP contribution in [0.2, 0.25) is 0 Å². The van der Waals surface area contributed by atoms with Gasteiger partial charge in [-0.25, -0.2) is 0 Å². The highest BCUT2D eigenvalue weighted by Gasteiger charge is 2.19. The van der Waals surface area contributed by atoms with Crippen LogP contribution in [0.4, 0.5) is 0 Å². The summed E-state index contributed by atoms with van der Waals surface area (Å²) in [5.74, 6) is 2.17. The number of methoxy groups -OCH3 is 2. The van der Waals surface area contributed by atoms with Gasteiger partial charge < -0.3 is 28.8 Å². The van der Waals surface area contributed by atoms with Crippen LogP contribution in [0.1, 0.15) is 16.2 Å². The zero-order valence-corrected chi connectivity index (χ0v) is 15.2. The monoisotopic (exact) mass is 383 g/mol. The number of nitrogens with one attached hydrogen (secondary N) is 1. The molecule has 0 unspecified atom stereocenters. The third kappa shape index (κ3) is 3.54. The van der Waals surface area contributed by atoms with Gasteiger partial charge in [0, 0.05) is 18.2 Å². The lowest BCUT2D eigenvalue weighted by atomic mass is 10.2. The molecule has 1 N–H and O–H groups in total. The van der Waals surface area contributed by atoms with E-state index in [1.165, 1.54) is 0 Å². The molecule has 0 fully saturated rings. The summed E-state index contributed by atoms with van der Waals surface area (Å²) >= 11 is 0. The minimum atomic E-state index is -0.485. The van der Waals surface area contributed by atoms with E-state index in [1.807, 2.05) is 0 Å². The molecule has 0 bridgehead atoms. The van der Waals surface area contributed by atoms with Crippen molar-refractivity contribution in [2.45, 2.75) is 6.54 Å². The number of hydrogen-bond acceptors (Lipinski definition) is 8. The predicted molar refractivity (Wildman–Crippen MR) is 96.6 cm³/mol. The van der Waals surface area contributed by atoms with Crippen molar-refractivity contribution in [1.29, 1.82) is 0 Å². The Balaban J connectivity index is 1.45. The standard InChI is InChI=1S/C19H17N3O6/c1-24-13-5-11(6-14(8-13)25-2)9-20-18(23)19-21-17(22-28-19)12-3-4-15-16(7-12)27-10-26-15/h3-8H,9-10H2,1-2H3,(H,20,23). The molecule has 28 heavy (non-hydrogen) atoms. The fraction of sp³-hybridized carbons (Fsp3) is 0.211. The number of hydrogen-bond donors (Lipinski definition) is 1. The van der Waals surface area contributed by atoms with Gasteiger partial charge in [0.25, 0.3) is 0 Å². The second kappa shape index (κ2) is 7.47. The topological polar surface area (TPSA) is 105 Å². The predicted octanol–water partition coefficient (Wildman–Crippen LogP) is 2.41. The van der Waals surface area contributed by atoms with Crippen molar-refractivity contribution in [3.05, 3.63) is 47.9 Å². The van der Waals surface area contributed by atoms with Crippen LogP contribution in [0, 0.1) is 0 Å². The lowest BCUT2D eigenvalue weighted by Crippen LogP contribution is -2.23. The van der Waals surface area contributed by atoms with Crippen molar-refractivity contribution in [2.75, 3.05) is 21.0 Å². The number of ether oxygens (including phenoxy) is 4. The second-order valence-electron chi connectivity index (χ2n) is 5.89. The molecule has 1 aromatic heterocycles. The summed E-state index contributed by atoms with van der Waals surface area (Å²) < 4.78 is 26.1. The van der Waals surface area contributed by atoms with Gasteiger partial charge in [0.2, 0.25) is 12.6 Å². The van der Waals surface area contributed by atoms with E-state index in [2.05, 4.69) is 15.5 Å². The Morgan fingerprint density at radius 1 is 1.07 bits per heavy atom. The maximum Gasteiger partial charge on any atom is 0.316 e. The molecule has 2 aromatic carbocycles. The Labute approximate surface area is 160 Å². The number of carbonyl (C=O) groups excluding carboxylic acids is 1. The normalized spacial score (nSPS) is 11.9. The molecule has 9 nitrogen and oxygen atoms in total. The molecule has 0 spiro atoms. The van der Waals surface area contributed by atoms with Gasteiger partial charge in [-0.15, -0.1) is 0 Å². The lowest BCUT2D eigenvalue weighted by molar-refractivity contribution is 0.0907. The molecule has 3 aromatic rings. The Kier molecular flexibility index (Phi) is 4.71. The number of fused-ring (bicyclic) bond motifs is 1. The third-order valence-electron chi connectivity index (χ3n) is 4.12. The van der Waals surface area contributed by atoms with Crippen molar-refractivity contribution < 1.29 is 28.3 Å². The Hall–Kier alpha value is -3.75. The molecule has 0 saturated carbocycles. The van der Waals surface area contributed by atoms with Gasteiger partial charge in [-0.3, -0.25) is 4.79 Å². The zero-order chi connectivity index (χ0) is 19.5. The fourth-order valence-electron chi connectivity index (χ4n) is 2.69. The quantitative estimate of drug-likeness (QED) is 0.692. The molecule has 144 valence electrons. The van der Waals surface area contributed by atoms with Gasteiger partial charge in [0.15, 0.2) is 11.5 Å². The fourth-order valence-corrected chi connectivity index (χ4v) is 2.69. The molecular weight excluding hydrogens is 366 g/mol. The van der Waals surface area contributed by atoms with Gasteiger partial charge in [-0.1, -0.05) is 5.16 Å². The van der Waals surface area contributed by atoms with Crippen LogP contribution >= 0.6 is 0 Å². The summed E-state index contributed by atoms with van der Waals surface area (Å²) in [5, 5.41) is 6.59. The van der Waals surface area contributed by atoms with E-state index in [9.17, 15) is 4.79 Å².